The minimum atomic E-state index is 0.489. The molecule has 0 spiro atoms. The molecule has 0 radical (unpaired) electrons. The van der Waals surface area contributed by atoms with Gasteiger partial charge in [-0.2, -0.15) is 0 Å². The zero-order valence-corrected chi connectivity index (χ0v) is 12.9. The summed E-state index contributed by atoms with van der Waals surface area (Å²) in [5, 5.41) is 12.6. The quantitative estimate of drug-likeness (QED) is 0.850. The van der Waals surface area contributed by atoms with Crippen LogP contribution >= 0.6 is 23.2 Å². The molecule has 0 amide bonds. The number of nitrogens with one attached hydrogen (secondary N) is 1. The summed E-state index contributed by atoms with van der Waals surface area (Å²) in [6, 6.07) is 5.89. The van der Waals surface area contributed by atoms with Crippen molar-refractivity contribution in [2.45, 2.75) is 32.0 Å². The van der Waals surface area contributed by atoms with Crippen molar-refractivity contribution in [3.05, 3.63) is 40.1 Å². The van der Waals surface area contributed by atoms with Crippen LogP contribution in [0.5, 0.6) is 5.75 Å². The van der Waals surface area contributed by atoms with Crippen molar-refractivity contribution < 1.29 is 4.74 Å². The van der Waals surface area contributed by atoms with Crippen LogP contribution in [0.25, 0.3) is 0 Å². The van der Waals surface area contributed by atoms with Crippen LogP contribution in [0.15, 0.2) is 24.4 Å². The highest BCUT2D eigenvalue weighted by molar-refractivity contribution is 6.42. The first kappa shape index (κ1) is 14.6. The van der Waals surface area contributed by atoms with Gasteiger partial charge < -0.3 is 10.1 Å². The van der Waals surface area contributed by atoms with Gasteiger partial charge >= 0.3 is 0 Å². The fraction of sp³-hybridized carbons (Fsp3) is 0.429. The maximum atomic E-state index is 5.93. The van der Waals surface area contributed by atoms with E-state index in [9.17, 15) is 0 Å². The van der Waals surface area contributed by atoms with Crippen molar-refractivity contribution in [1.29, 1.82) is 0 Å². The Balaban J connectivity index is 1.44. The van der Waals surface area contributed by atoms with Gasteiger partial charge in [0.2, 0.25) is 0 Å². The van der Waals surface area contributed by atoms with E-state index in [-0.39, 0.29) is 0 Å². The summed E-state index contributed by atoms with van der Waals surface area (Å²) < 4.78 is 7.40. The lowest BCUT2D eigenvalue weighted by Gasteiger charge is -2.06. The van der Waals surface area contributed by atoms with Crippen molar-refractivity contribution in [3.8, 4) is 5.75 Å². The Labute approximate surface area is 133 Å². The van der Waals surface area contributed by atoms with Crippen LogP contribution in [0.3, 0.4) is 0 Å². The fourth-order valence-electron chi connectivity index (χ4n) is 1.89. The molecule has 0 aliphatic heterocycles. The van der Waals surface area contributed by atoms with E-state index in [1.165, 1.54) is 12.8 Å². The number of hydrogen-bond donors (Lipinski definition) is 1. The largest absolute Gasteiger partial charge is 0.492 e. The SMILES string of the molecule is Clc1ccc(OCCn2cc(CNC3CC3)nn2)cc1Cl. The van der Waals surface area contributed by atoms with E-state index in [0.717, 1.165) is 12.2 Å². The number of aromatic nitrogens is 3. The zero-order chi connectivity index (χ0) is 14.7. The first-order chi connectivity index (χ1) is 10.2. The van der Waals surface area contributed by atoms with Crippen LogP contribution in [0.2, 0.25) is 10.0 Å². The summed E-state index contributed by atoms with van der Waals surface area (Å²) in [6.07, 6.45) is 4.48. The monoisotopic (exact) mass is 326 g/mol. The van der Waals surface area contributed by atoms with Crippen molar-refractivity contribution in [2.75, 3.05) is 6.61 Å². The van der Waals surface area contributed by atoms with Gasteiger partial charge in [0.05, 0.1) is 22.3 Å². The molecule has 5 nitrogen and oxygen atoms in total. The second kappa shape index (κ2) is 6.64. The smallest absolute Gasteiger partial charge is 0.120 e. The zero-order valence-electron chi connectivity index (χ0n) is 11.4. The van der Waals surface area contributed by atoms with Gasteiger partial charge in [0, 0.05) is 24.8 Å². The molecular weight excluding hydrogens is 311 g/mol. The Hall–Kier alpha value is -1.30. The number of nitrogens with zero attached hydrogens (tertiary/aromatic N) is 3. The molecule has 112 valence electrons. The second-order valence-electron chi connectivity index (χ2n) is 5.05. The van der Waals surface area contributed by atoms with Crippen LogP contribution < -0.4 is 10.1 Å². The number of ether oxygens (including phenoxy) is 1. The number of hydrogen-bond acceptors (Lipinski definition) is 4. The Morgan fingerprint density at radius 1 is 1.29 bits per heavy atom. The van der Waals surface area contributed by atoms with E-state index in [1.807, 2.05) is 6.20 Å². The second-order valence-corrected chi connectivity index (χ2v) is 5.87. The Bertz CT molecular complexity index is 613. The van der Waals surface area contributed by atoms with Crippen molar-refractivity contribution >= 4 is 23.2 Å². The average molecular weight is 327 g/mol. The first-order valence-corrected chi connectivity index (χ1v) is 7.66. The van der Waals surface area contributed by atoms with Crippen molar-refractivity contribution in [1.82, 2.24) is 20.3 Å². The van der Waals surface area contributed by atoms with E-state index in [2.05, 4.69) is 15.6 Å². The summed E-state index contributed by atoms with van der Waals surface area (Å²) >= 11 is 11.8. The lowest BCUT2D eigenvalue weighted by atomic mass is 10.3. The number of halogens is 2. The van der Waals surface area contributed by atoms with E-state index >= 15 is 0 Å². The number of benzene rings is 1. The Kier molecular flexibility index (Phi) is 4.63. The standard InChI is InChI=1S/C14H16Cl2N4O/c15-13-4-3-12(7-14(13)16)21-6-5-20-9-11(18-19-20)8-17-10-1-2-10/h3-4,7,9-10,17H,1-2,5-6,8H2. The third-order valence-electron chi connectivity index (χ3n) is 3.22. The molecule has 1 heterocycles. The minimum Gasteiger partial charge on any atom is -0.492 e. The van der Waals surface area contributed by atoms with Gasteiger partial charge in [0.25, 0.3) is 0 Å². The van der Waals surface area contributed by atoms with Crippen molar-refractivity contribution in [2.24, 2.45) is 0 Å². The summed E-state index contributed by atoms with van der Waals surface area (Å²) in [7, 11) is 0. The van der Waals surface area contributed by atoms with Gasteiger partial charge in [-0.3, -0.25) is 0 Å². The summed E-state index contributed by atoms with van der Waals surface area (Å²) in [5.41, 5.74) is 0.955. The highest BCUT2D eigenvalue weighted by Crippen LogP contribution is 2.26. The van der Waals surface area contributed by atoms with E-state index in [0.29, 0.717) is 35.0 Å². The maximum Gasteiger partial charge on any atom is 0.120 e. The molecular formula is C14H16Cl2N4O. The van der Waals surface area contributed by atoms with Gasteiger partial charge in [-0.15, -0.1) is 5.10 Å². The van der Waals surface area contributed by atoms with Gasteiger partial charge in [0.1, 0.15) is 12.4 Å². The molecule has 21 heavy (non-hydrogen) atoms. The molecule has 1 saturated carbocycles. The topological polar surface area (TPSA) is 52.0 Å². The molecule has 0 bridgehead atoms. The van der Waals surface area contributed by atoms with Gasteiger partial charge in [-0.25, -0.2) is 4.68 Å². The third kappa shape index (κ3) is 4.33. The van der Waals surface area contributed by atoms with E-state index in [1.54, 1.807) is 22.9 Å². The van der Waals surface area contributed by atoms with Crippen LogP contribution in [0.4, 0.5) is 0 Å². The van der Waals surface area contributed by atoms with Gasteiger partial charge in [0.15, 0.2) is 0 Å². The average Bonchev–Trinajstić information content (AvgIpc) is 3.20. The molecule has 7 heteroatoms. The van der Waals surface area contributed by atoms with Gasteiger partial charge in [-0.05, 0) is 25.0 Å². The summed E-state index contributed by atoms with van der Waals surface area (Å²) in [5.74, 6) is 0.695. The third-order valence-corrected chi connectivity index (χ3v) is 3.95. The van der Waals surface area contributed by atoms with Crippen molar-refractivity contribution in [3.63, 3.8) is 0 Å². The molecule has 1 fully saturated rings. The molecule has 1 aromatic heterocycles. The molecule has 3 rings (SSSR count). The fourth-order valence-corrected chi connectivity index (χ4v) is 2.18. The highest BCUT2D eigenvalue weighted by Gasteiger charge is 2.20. The molecule has 1 aromatic carbocycles. The molecule has 2 aromatic rings. The maximum absolute atomic E-state index is 5.93. The molecule has 0 unspecified atom stereocenters. The lowest BCUT2D eigenvalue weighted by Crippen LogP contribution is -2.15. The van der Waals surface area contributed by atoms with Gasteiger partial charge in [-0.1, -0.05) is 28.4 Å². The van der Waals surface area contributed by atoms with Crippen LogP contribution in [-0.2, 0) is 13.1 Å². The Morgan fingerprint density at radius 3 is 2.90 bits per heavy atom. The molecule has 1 aliphatic carbocycles. The van der Waals surface area contributed by atoms with E-state index < -0.39 is 0 Å². The molecule has 0 saturated heterocycles. The van der Waals surface area contributed by atoms with E-state index in [4.69, 9.17) is 27.9 Å². The molecule has 0 atom stereocenters. The first-order valence-electron chi connectivity index (χ1n) is 6.91. The predicted molar refractivity (Wildman–Crippen MR) is 81.8 cm³/mol. The highest BCUT2D eigenvalue weighted by atomic mass is 35.5. The summed E-state index contributed by atoms with van der Waals surface area (Å²) in [4.78, 5) is 0. The summed E-state index contributed by atoms with van der Waals surface area (Å²) in [6.45, 7) is 1.91. The van der Waals surface area contributed by atoms with Crippen LogP contribution in [0.1, 0.15) is 18.5 Å². The number of rotatable bonds is 7. The Morgan fingerprint density at radius 2 is 2.14 bits per heavy atom. The molecule has 1 N–H and O–H groups in total. The predicted octanol–water partition coefficient (Wildman–Crippen LogP) is 2.92. The van der Waals surface area contributed by atoms with Crippen LogP contribution in [-0.4, -0.2) is 27.6 Å². The normalized spacial score (nSPS) is 14.4. The lowest BCUT2D eigenvalue weighted by molar-refractivity contribution is 0.289. The minimum absolute atomic E-state index is 0.489. The molecule has 1 aliphatic rings. The van der Waals surface area contributed by atoms with Crippen LogP contribution in [0, 0.1) is 0 Å².